The zero-order valence-electron chi connectivity index (χ0n) is 4.79. The summed E-state index contributed by atoms with van der Waals surface area (Å²) in [5.41, 5.74) is 0. The fourth-order valence-electron chi connectivity index (χ4n) is 0.330. The van der Waals surface area contributed by atoms with Crippen molar-refractivity contribution in [1.82, 2.24) is 0 Å². The van der Waals surface area contributed by atoms with Crippen molar-refractivity contribution in [1.29, 1.82) is 0 Å². The van der Waals surface area contributed by atoms with Crippen molar-refractivity contribution < 1.29 is 44.9 Å². The van der Waals surface area contributed by atoms with E-state index in [4.69, 9.17) is 5.11 Å². The molecule has 0 aliphatic heterocycles. The Hall–Kier alpha value is 0.430. The monoisotopic (exact) mass is 126 g/mol. The van der Waals surface area contributed by atoms with Crippen molar-refractivity contribution in [2.24, 2.45) is 5.92 Å². The van der Waals surface area contributed by atoms with Crippen molar-refractivity contribution in [3.63, 3.8) is 0 Å². The molecule has 0 aromatic heterocycles. The summed E-state index contributed by atoms with van der Waals surface area (Å²) in [4.78, 5) is 9.76. The van der Waals surface area contributed by atoms with Gasteiger partial charge in [0.25, 0.3) is 0 Å². The summed E-state index contributed by atoms with van der Waals surface area (Å²) in [6.45, 7) is 0. The molecule has 0 radical (unpaired) electrons. The maximum Gasteiger partial charge on any atom is 1.00 e. The number of carboxylic acid groups (broad SMARTS) is 1. The molecule has 0 unspecified atom stereocenters. The molecule has 0 aromatic carbocycles. The summed E-state index contributed by atoms with van der Waals surface area (Å²) in [7, 11) is 0. The first-order valence-electron chi connectivity index (χ1n) is 2.03. The Bertz CT molecular complexity index is 79.4. The molecule has 1 fully saturated rings. The van der Waals surface area contributed by atoms with Crippen LogP contribution in [0, 0.1) is 5.92 Å². The summed E-state index contributed by atoms with van der Waals surface area (Å²) in [6.07, 6.45) is 1.80. The third-order valence-electron chi connectivity index (χ3n) is 0.927. The number of hydrogen-bond acceptors (Lipinski definition) is 2. The van der Waals surface area contributed by atoms with Gasteiger partial charge in [0.1, 0.15) is 0 Å². The van der Waals surface area contributed by atoms with Gasteiger partial charge in [-0.25, -0.2) is 0 Å². The fraction of sp³-hybridized carbons (Fsp3) is 0.750. The van der Waals surface area contributed by atoms with E-state index in [1.165, 1.54) is 0 Å². The summed E-state index contributed by atoms with van der Waals surface area (Å²) in [5.74, 6) is -0.611. The molecular formula is C4H7NaO3. The zero-order valence-corrected chi connectivity index (χ0v) is 6.79. The normalized spacial score (nSPS) is 15.5. The molecule has 0 aromatic rings. The smallest absolute Gasteiger partial charge is 0.870 e. The predicted molar refractivity (Wildman–Crippen MR) is 22.3 cm³/mol. The van der Waals surface area contributed by atoms with Crippen LogP contribution in [0.1, 0.15) is 12.8 Å². The van der Waals surface area contributed by atoms with Crippen LogP contribution >= 0.6 is 0 Å². The maximum absolute atomic E-state index is 9.76. The first-order valence-corrected chi connectivity index (χ1v) is 2.03. The van der Waals surface area contributed by atoms with E-state index >= 15 is 0 Å². The third kappa shape index (κ3) is 3.43. The predicted octanol–water partition coefficient (Wildman–Crippen LogP) is -2.69. The Morgan fingerprint density at radius 3 is 1.88 bits per heavy atom. The summed E-state index contributed by atoms with van der Waals surface area (Å²) in [6, 6.07) is 0. The molecule has 1 saturated carbocycles. The van der Waals surface area contributed by atoms with Crippen LogP contribution < -0.4 is 29.6 Å². The van der Waals surface area contributed by atoms with Crippen LogP contribution in [-0.4, -0.2) is 16.6 Å². The molecule has 4 heteroatoms. The molecule has 1 aliphatic rings. The van der Waals surface area contributed by atoms with Gasteiger partial charge in [0.15, 0.2) is 0 Å². The Kier molecular flexibility index (Phi) is 6.08. The molecule has 0 spiro atoms. The maximum atomic E-state index is 9.76. The molecule has 1 aliphatic carbocycles. The Labute approximate surface area is 69.7 Å². The van der Waals surface area contributed by atoms with E-state index in [9.17, 15) is 4.79 Å². The molecular weight excluding hydrogens is 119 g/mol. The molecule has 0 saturated heterocycles. The van der Waals surface area contributed by atoms with E-state index in [1.807, 2.05) is 0 Å². The number of rotatable bonds is 1. The largest absolute Gasteiger partial charge is 1.00 e. The van der Waals surface area contributed by atoms with Gasteiger partial charge >= 0.3 is 35.5 Å². The van der Waals surface area contributed by atoms with Gasteiger partial charge in [-0.2, -0.15) is 0 Å². The first-order chi connectivity index (χ1) is 2.80. The Balaban J connectivity index is 0. The van der Waals surface area contributed by atoms with Crippen LogP contribution in [0.2, 0.25) is 0 Å². The average molecular weight is 126 g/mol. The van der Waals surface area contributed by atoms with Gasteiger partial charge in [0.2, 0.25) is 0 Å². The second-order valence-electron chi connectivity index (χ2n) is 1.61. The number of hydrogen-bond donors (Lipinski definition) is 1. The second kappa shape index (κ2) is 4.32. The van der Waals surface area contributed by atoms with Crippen LogP contribution in [0.5, 0.6) is 0 Å². The van der Waals surface area contributed by atoms with Gasteiger partial charge in [0, 0.05) is 0 Å². The van der Waals surface area contributed by atoms with Gasteiger partial charge in [-0.05, 0) is 12.8 Å². The van der Waals surface area contributed by atoms with E-state index in [2.05, 4.69) is 0 Å². The van der Waals surface area contributed by atoms with Crippen LogP contribution in [0.15, 0.2) is 0 Å². The zero-order chi connectivity index (χ0) is 4.57. The van der Waals surface area contributed by atoms with Gasteiger partial charge < -0.3 is 10.6 Å². The van der Waals surface area contributed by atoms with Gasteiger partial charge in [-0.1, -0.05) is 0 Å². The number of carbonyl (C=O) groups is 1. The van der Waals surface area contributed by atoms with Gasteiger partial charge in [0.05, 0.1) is 5.92 Å². The van der Waals surface area contributed by atoms with Crippen LogP contribution in [0.25, 0.3) is 0 Å². The minimum absolute atomic E-state index is 0. The molecule has 0 bridgehead atoms. The van der Waals surface area contributed by atoms with E-state index in [0.29, 0.717) is 0 Å². The molecule has 0 atom stereocenters. The molecule has 42 valence electrons. The topological polar surface area (TPSA) is 67.3 Å². The average Bonchev–Trinajstić information content (AvgIpc) is 2.06. The minimum Gasteiger partial charge on any atom is -0.870 e. The van der Waals surface area contributed by atoms with Crippen molar-refractivity contribution in [3.05, 3.63) is 0 Å². The Morgan fingerprint density at radius 1 is 1.50 bits per heavy atom. The van der Waals surface area contributed by atoms with E-state index in [1.54, 1.807) is 0 Å². The quantitative estimate of drug-likeness (QED) is 0.389. The van der Waals surface area contributed by atoms with E-state index in [0.717, 1.165) is 12.8 Å². The summed E-state index contributed by atoms with van der Waals surface area (Å²) >= 11 is 0. The molecule has 2 N–H and O–H groups in total. The van der Waals surface area contributed by atoms with Crippen LogP contribution in [-0.2, 0) is 4.79 Å². The van der Waals surface area contributed by atoms with Gasteiger partial charge in [-0.15, -0.1) is 0 Å². The third-order valence-corrected chi connectivity index (χ3v) is 0.927. The van der Waals surface area contributed by atoms with E-state index in [-0.39, 0.29) is 41.0 Å². The minimum atomic E-state index is -0.630. The molecule has 1 rings (SSSR count). The summed E-state index contributed by atoms with van der Waals surface area (Å²) in [5, 5.41) is 8.05. The van der Waals surface area contributed by atoms with Crippen LogP contribution in [0.3, 0.4) is 0 Å². The SMILES string of the molecule is O=C(O)C1CC1.[Na+].[OH-]. The van der Waals surface area contributed by atoms with Crippen LogP contribution in [0.4, 0.5) is 0 Å². The Morgan fingerprint density at radius 2 is 1.88 bits per heavy atom. The standard InChI is InChI=1S/C4H6O2.Na.H2O/c5-4(6)3-1-2-3;;/h3H,1-2H2,(H,5,6);;1H2/q;+1;/p-1. The number of carboxylic acids is 1. The molecule has 8 heavy (non-hydrogen) atoms. The van der Waals surface area contributed by atoms with E-state index < -0.39 is 5.97 Å². The van der Waals surface area contributed by atoms with Crippen molar-refractivity contribution >= 4 is 5.97 Å². The molecule has 0 amide bonds. The first kappa shape index (κ1) is 11.3. The number of aliphatic carboxylic acids is 1. The molecule has 3 nitrogen and oxygen atoms in total. The van der Waals surface area contributed by atoms with Gasteiger partial charge in [-0.3, -0.25) is 4.79 Å². The summed E-state index contributed by atoms with van der Waals surface area (Å²) < 4.78 is 0. The second-order valence-corrected chi connectivity index (χ2v) is 1.61. The van der Waals surface area contributed by atoms with Crippen molar-refractivity contribution in [3.8, 4) is 0 Å². The van der Waals surface area contributed by atoms with Crippen molar-refractivity contribution in [2.75, 3.05) is 0 Å². The van der Waals surface area contributed by atoms with Crippen molar-refractivity contribution in [2.45, 2.75) is 12.8 Å². The fourth-order valence-corrected chi connectivity index (χ4v) is 0.330. The molecule has 0 heterocycles.